The molecule has 10 nitrogen and oxygen atoms in total. The molecule has 0 aliphatic heterocycles. The fraction of sp³-hybridized carbons (Fsp3) is 0.148. The lowest BCUT2D eigenvalue weighted by Gasteiger charge is -2.15. The molecular formula is C27H23Cl3N4O6S. The Kier molecular flexibility index (Phi) is 8.83. The molecule has 1 unspecified atom stereocenters. The van der Waals surface area contributed by atoms with Crippen molar-refractivity contribution < 1.29 is 22.7 Å². The van der Waals surface area contributed by atoms with E-state index < -0.39 is 38.5 Å². The van der Waals surface area contributed by atoms with Crippen LogP contribution in [-0.4, -0.2) is 35.8 Å². The maximum Gasteiger partial charge on any atom is 0.338 e. The van der Waals surface area contributed by atoms with Crippen molar-refractivity contribution in [1.82, 2.24) is 9.36 Å². The van der Waals surface area contributed by atoms with Crippen molar-refractivity contribution in [2.75, 3.05) is 10.0 Å². The second-order valence-electron chi connectivity index (χ2n) is 8.86. The lowest BCUT2D eigenvalue weighted by Crippen LogP contribution is -2.30. The number of carbonyl (C=O) groups is 2. The fourth-order valence-electron chi connectivity index (χ4n) is 3.84. The van der Waals surface area contributed by atoms with Gasteiger partial charge in [-0.15, -0.1) is 0 Å². The molecule has 14 heteroatoms. The molecule has 0 saturated carbocycles. The molecule has 0 radical (unpaired) electrons. The molecule has 41 heavy (non-hydrogen) atoms. The average molecular weight is 638 g/mol. The maximum atomic E-state index is 13.4. The molecule has 0 fully saturated rings. The Balaban J connectivity index is 1.60. The summed E-state index contributed by atoms with van der Waals surface area (Å²) >= 11 is 18.3. The maximum absolute atomic E-state index is 13.4. The number of halogens is 3. The van der Waals surface area contributed by atoms with E-state index in [0.29, 0.717) is 22.1 Å². The van der Waals surface area contributed by atoms with E-state index in [0.717, 1.165) is 12.1 Å². The number of amides is 1. The third-order valence-electron chi connectivity index (χ3n) is 6.06. The Morgan fingerprint density at radius 1 is 0.976 bits per heavy atom. The Bertz CT molecular complexity index is 1820. The van der Waals surface area contributed by atoms with Gasteiger partial charge in [0.15, 0.2) is 6.10 Å². The van der Waals surface area contributed by atoms with E-state index in [2.05, 4.69) is 10.0 Å². The zero-order valence-corrected chi connectivity index (χ0v) is 24.9. The standard InChI is InChI=1S/C27H23Cl3N4O6S/c1-15-24(26(36)34(33(15)3)20-10-5-4-6-11-20)32-41(38,39)22-13-17(12-21(29)23(22)30)27(37)40-16(2)25(35)31-19-9-7-8-18(28)14-19/h4-14,16,32H,1-3H3,(H,31,35). The van der Waals surface area contributed by atoms with Crippen LogP contribution in [0.15, 0.2) is 76.4 Å². The molecule has 4 rings (SSSR count). The summed E-state index contributed by atoms with van der Waals surface area (Å²) in [7, 11) is -2.93. The summed E-state index contributed by atoms with van der Waals surface area (Å²) in [5, 5.41) is 2.33. The molecule has 4 aromatic rings. The molecule has 2 N–H and O–H groups in total. The van der Waals surface area contributed by atoms with E-state index in [1.807, 2.05) is 0 Å². The zero-order chi connectivity index (χ0) is 30.1. The summed E-state index contributed by atoms with van der Waals surface area (Å²) in [6.07, 6.45) is -1.27. The van der Waals surface area contributed by atoms with Crippen LogP contribution in [0.1, 0.15) is 23.0 Å². The first-order valence-electron chi connectivity index (χ1n) is 11.9. The number of nitrogens with one attached hydrogen (secondary N) is 2. The third kappa shape index (κ3) is 6.43. The number of nitrogens with zero attached hydrogens (tertiary/aromatic N) is 2. The highest BCUT2D eigenvalue weighted by Crippen LogP contribution is 2.32. The van der Waals surface area contributed by atoms with Crippen LogP contribution in [-0.2, 0) is 26.6 Å². The van der Waals surface area contributed by atoms with E-state index in [-0.39, 0.29) is 21.3 Å². The molecule has 0 bridgehead atoms. The van der Waals surface area contributed by atoms with Gasteiger partial charge in [0.2, 0.25) is 0 Å². The van der Waals surface area contributed by atoms with Gasteiger partial charge in [-0.2, -0.15) is 0 Å². The minimum absolute atomic E-state index is 0.220. The number of para-hydroxylation sites is 1. The number of hydrogen-bond acceptors (Lipinski definition) is 6. The fourth-order valence-corrected chi connectivity index (χ4v) is 5.97. The quantitative estimate of drug-likeness (QED) is 0.248. The summed E-state index contributed by atoms with van der Waals surface area (Å²) < 4.78 is 37.2. The normalized spacial score (nSPS) is 12.0. The highest BCUT2D eigenvalue weighted by Gasteiger charge is 2.28. The molecular weight excluding hydrogens is 615 g/mol. The van der Waals surface area contributed by atoms with Crippen LogP contribution in [0.4, 0.5) is 11.4 Å². The number of carbonyl (C=O) groups excluding carboxylic acids is 2. The van der Waals surface area contributed by atoms with Crippen LogP contribution in [0.2, 0.25) is 15.1 Å². The lowest BCUT2D eigenvalue weighted by atomic mass is 10.2. The Morgan fingerprint density at radius 2 is 1.66 bits per heavy atom. The van der Waals surface area contributed by atoms with E-state index in [1.165, 1.54) is 22.4 Å². The number of benzene rings is 3. The van der Waals surface area contributed by atoms with Gasteiger partial charge in [0.05, 0.1) is 27.0 Å². The minimum Gasteiger partial charge on any atom is -0.449 e. The van der Waals surface area contributed by atoms with Crippen LogP contribution < -0.4 is 15.6 Å². The summed E-state index contributed by atoms with van der Waals surface area (Å²) in [5.41, 5.74) is 0.100. The number of aromatic nitrogens is 2. The van der Waals surface area contributed by atoms with Crippen LogP contribution in [0.5, 0.6) is 0 Å². The van der Waals surface area contributed by atoms with Gasteiger partial charge in [-0.05, 0) is 56.3 Å². The molecule has 0 spiro atoms. The minimum atomic E-state index is -4.54. The number of rotatable bonds is 8. The van der Waals surface area contributed by atoms with Crippen molar-refractivity contribution in [3.8, 4) is 5.69 Å². The van der Waals surface area contributed by atoms with Crippen molar-refractivity contribution in [3.05, 3.63) is 103 Å². The van der Waals surface area contributed by atoms with Crippen molar-refractivity contribution >= 4 is 68.1 Å². The van der Waals surface area contributed by atoms with Crippen LogP contribution in [0, 0.1) is 6.92 Å². The molecule has 1 aromatic heterocycles. The topological polar surface area (TPSA) is 128 Å². The molecule has 1 amide bonds. The first kappa shape index (κ1) is 30.2. The van der Waals surface area contributed by atoms with Gasteiger partial charge in [0.25, 0.3) is 21.5 Å². The highest BCUT2D eigenvalue weighted by atomic mass is 35.5. The van der Waals surface area contributed by atoms with Gasteiger partial charge >= 0.3 is 5.97 Å². The molecule has 214 valence electrons. The van der Waals surface area contributed by atoms with Crippen LogP contribution in [0.3, 0.4) is 0 Å². The predicted octanol–water partition coefficient (Wildman–Crippen LogP) is 5.43. The zero-order valence-electron chi connectivity index (χ0n) is 21.8. The highest BCUT2D eigenvalue weighted by molar-refractivity contribution is 7.92. The van der Waals surface area contributed by atoms with Gasteiger partial charge < -0.3 is 10.1 Å². The first-order valence-corrected chi connectivity index (χ1v) is 14.5. The third-order valence-corrected chi connectivity index (χ3v) is 8.58. The Hall–Kier alpha value is -3.77. The van der Waals surface area contributed by atoms with E-state index in [9.17, 15) is 22.8 Å². The van der Waals surface area contributed by atoms with Crippen LogP contribution in [0.25, 0.3) is 5.69 Å². The molecule has 0 saturated heterocycles. The van der Waals surface area contributed by atoms with Gasteiger partial charge in [-0.3, -0.25) is 19.0 Å². The van der Waals surface area contributed by atoms with Gasteiger partial charge in [-0.1, -0.05) is 59.1 Å². The largest absolute Gasteiger partial charge is 0.449 e. The summed E-state index contributed by atoms with van der Waals surface area (Å²) in [5.74, 6) is -1.68. The smallest absolute Gasteiger partial charge is 0.338 e. The summed E-state index contributed by atoms with van der Waals surface area (Å²) in [4.78, 5) is 38.1. The first-order chi connectivity index (χ1) is 19.3. The number of sulfonamides is 1. The molecule has 1 heterocycles. The van der Waals surface area contributed by atoms with Crippen LogP contribution >= 0.6 is 34.8 Å². The van der Waals surface area contributed by atoms with Gasteiger partial charge in [0.1, 0.15) is 10.6 Å². The van der Waals surface area contributed by atoms with E-state index in [1.54, 1.807) is 62.5 Å². The lowest BCUT2D eigenvalue weighted by molar-refractivity contribution is -0.123. The summed E-state index contributed by atoms with van der Waals surface area (Å²) in [6.45, 7) is 2.90. The number of ether oxygens (including phenoxy) is 1. The second kappa shape index (κ2) is 12.0. The van der Waals surface area contributed by atoms with E-state index in [4.69, 9.17) is 39.5 Å². The van der Waals surface area contributed by atoms with Crippen molar-refractivity contribution in [2.24, 2.45) is 7.05 Å². The van der Waals surface area contributed by atoms with E-state index >= 15 is 0 Å². The number of anilines is 2. The second-order valence-corrected chi connectivity index (χ2v) is 11.7. The monoisotopic (exact) mass is 636 g/mol. The summed E-state index contributed by atoms with van der Waals surface area (Å²) in [6, 6.07) is 17.1. The molecule has 0 aliphatic carbocycles. The average Bonchev–Trinajstić information content (AvgIpc) is 3.12. The Labute approximate surface area is 250 Å². The van der Waals surface area contributed by atoms with Crippen molar-refractivity contribution in [1.29, 1.82) is 0 Å². The molecule has 3 aromatic carbocycles. The molecule has 1 atom stereocenters. The number of hydrogen-bond donors (Lipinski definition) is 2. The van der Waals surface area contributed by atoms with Crippen molar-refractivity contribution in [3.63, 3.8) is 0 Å². The molecule has 0 aliphatic rings. The Morgan fingerprint density at radius 3 is 2.32 bits per heavy atom. The van der Waals surface area contributed by atoms with Gasteiger partial charge in [0, 0.05) is 17.8 Å². The SMILES string of the molecule is Cc1c(NS(=O)(=O)c2cc(C(=O)OC(C)C(=O)Nc3cccc(Cl)c3)cc(Cl)c2Cl)c(=O)n(-c2ccccc2)n1C. The van der Waals surface area contributed by atoms with Crippen molar-refractivity contribution in [2.45, 2.75) is 24.8 Å². The van der Waals surface area contributed by atoms with Gasteiger partial charge in [-0.25, -0.2) is 17.9 Å². The predicted molar refractivity (Wildman–Crippen MR) is 158 cm³/mol. The number of esters is 1.